The van der Waals surface area contributed by atoms with Crippen LogP contribution < -0.4 is 10.6 Å². The van der Waals surface area contributed by atoms with Crippen molar-refractivity contribution in [2.75, 3.05) is 10.6 Å². The smallest absolute Gasteiger partial charge is 0.175 e. The Hall–Kier alpha value is -2.66. The minimum atomic E-state index is 0.557. The molecule has 0 radical (unpaired) electrons. The molecule has 4 nitrogen and oxygen atoms in total. The number of rotatable bonds is 6. The first-order valence-electron chi connectivity index (χ1n) is 9.29. The molecule has 0 spiro atoms. The number of nitrogens with one attached hydrogen (secondary N) is 2. The van der Waals surface area contributed by atoms with Crippen molar-refractivity contribution in [1.29, 1.82) is 0 Å². The van der Waals surface area contributed by atoms with E-state index in [0.717, 1.165) is 24.3 Å². The van der Waals surface area contributed by atoms with E-state index in [1.165, 1.54) is 16.7 Å². The van der Waals surface area contributed by atoms with Crippen LogP contribution in [-0.2, 0) is 6.54 Å². The van der Waals surface area contributed by atoms with Gasteiger partial charge in [-0.25, -0.2) is 0 Å². The highest BCUT2D eigenvalue weighted by atomic mass is 32.1. The number of anilines is 2. The van der Waals surface area contributed by atoms with Crippen LogP contribution in [0, 0.1) is 6.92 Å². The van der Waals surface area contributed by atoms with Crippen LogP contribution >= 0.6 is 12.2 Å². The van der Waals surface area contributed by atoms with Crippen LogP contribution in [0.2, 0.25) is 0 Å². The number of hydrogen-bond donors (Lipinski definition) is 2. The second kappa shape index (κ2) is 8.82. The van der Waals surface area contributed by atoms with E-state index in [2.05, 4.69) is 85.0 Å². The standard InChI is InChI=1S/C22H26N4S/c1-4-17(3)19-9-11-20(12-10-19)24-22(27)25-21-13-23-26(15-21)14-18-7-5-16(2)6-8-18/h5-13,15,17H,4,14H2,1-3H3,(H2,24,25,27). The van der Waals surface area contributed by atoms with Crippen LogP contribution in [0.15, 0.2) is 60.9 Å². The number of benzene rings is 2. The van der Waals surface area contributed by atoms with Gasteiger partial charge in [0, 0.05) is 11.9 Å². The summed E-state index contributed by atoms with van der Waals surface area (Å²) in [6.45, 7) is 7.27. The summed E-state index contributed by atoms with van der Waals surface area (Å²) < 4.78 is 1.90. The average molecular weight is 379 g/mol. The molecule has 0 saturated carbocycles. The maximum absolute atomic E-state index is 5.42. The minimum absolute atomic E-state index is 0.557. The zero-order valence-corrected chi connectivity index (χ0v) is 16.9. The van der Waals surface area contributed by atoms with Gasteiger partial charge >= 0.3 is 0 Å². The summed E-state index contributed by atoms with van der Waals surface area (Å²) in [5, 5.41) is 11.4. The Kier molecular flexibility index (Phi) is 6.24. The molecule has 0 aliphatic heterocycles. The first-order chi connectivity index (χ1) is 13.0. The minimum Gasteiger partial charge on any atom is -0.332 e. The molecule has 0 aliphatic carbocycles. The van der Waals surface area contributed by atoms with Gasteiger partial charge in [0.2, 0.25) is 0 Å². The number of hydrogen-bond acceptors (Lipinski definition) is 2. The molecule has 0 fully saturated rings. The summed E-state index contributed by atoms with van der Waals surface area (Å²) in [6.07, 6.45) is 4.88. The van der Waals surface area contributed by atoms with Crippen molar-refractivity contribution in [2.45, 2.75) is 39.7 Å². The van der Waals surface area contributed by atoms with Crippen LogP contribution in [-0.4, -0.2) is 14.9 Å². The molecule has 0 amide bonds. The molecule has 27 heavy (non-hydrogen) atoms. The zero-order chi connectivity index (χ0) is 19.2. The molecule has 3 rings (SSSR count). The summed E-state index contributed by atoms with van der Waals surface area (Å²) >= 11 is 5.42. The van der Waals surface area contributed by atoms with E-state index >= 15 is 0 Å². The molecule has 1 heterocycles. The van der Waals surface area contributed by atoms with E-state index < -0.39 is 0 Å². The fourth-order valence-corrected chi connectivity index (χ4v) is 3.05. The summed E-state index contributed by atoms with van der Waals surface area (Å²) in [5.74, 6) is 0.573. The third-order valence-electron chi connectivity index (χ3n) is 4.71. The van der Waals surface area contributed by atoms with Crippen LogP contribution in [0.25, 0.3) is 0 Å². The Balaban J connectivity index is 1.55. The van der Waals surface area contributed by atoms with Gasteiger partial charge in [0.1, 0.15) is 0 Å². The largest absolute Gasteiger partial charge is 0.332 e. The fourth-order valence-electron chi connectivity index (χ4n) is 2.82. The second-order valence-electron chi connectivity index (χ2n) is 6.92. The van der Waals surface area contributed by atoms with Gasteiger partial charge < -0.3 is 10.6 Å². The summed E-state index contributed by atoms with van der Waals surface area (Å²) in [4.78, 5) is 0. The van der Waals surface area contributed by atoms with Gasteiger partial charge in [-0.1, -0.05) is 55.8 Å². The van der Waals surface area contributed by atoms with Crippen molar-refractivity contribution >= 4 is 28.7 Å². The van der Waals surface area contributed by atoms with E-state index in [1.807, 2.05) is 10.9 Å². The van der Waals surface area contributed by atoms with Gasteiger partial charge in [0.25, 0.3) is 0 Å². The Bertz CT molecular complexity index is 881. The molecule has 5 heteroatoms. The maximum Gasteiger partial charge on any atom is 0.175 e. The van der Waals surface area contributed by atoms with Crippen LogP contribution in [0.5, 0.6) is 0 Å². The maximum atomic E-state index is 5.42. The lowest BCUT2D eigenvalue weighted by molar-refractivity contribution is 0.687. The summed E-state index contributed by atoms with van der Waals surface area (Å²) in [5.41, 5.74) is 5.68. The normalized spacial score (nSPS) is 11.8. The van der Waals surface area contributed by atoms with E-state index in [0.29, 0.717) is 11.0 Å². The molecule has 0 aliphatic rings. The molecule has 1 aromatic heterocycles. The molecule has 2 N–H and O–H groups in total. The van der Waals surface area contributed by atoms with Gasteiger partial charge in [-0.3, -0.25) is 4.68 Å². The predicted molar refractivity (Wildman–Crippen MR) is 117 cm³/mol. The third kappa shape index (κ3) is 5.41. The predicted octanol–water partition coefficient (Wildman–Crippen LogP) is 5.56. The Morgan fingerprint density at radius 2 is 1.70 bits per heavy atom. The lowest BCUT2D eigenvalue weighted by atomic mass is 9.99. The van der Waals surface area contributed by atoms with E-state index in [1.54, 1.807) is 6.20 Å². The molecular weight excluding hydrogens is 352 g/mol. The van der Waals surface area contributed by atoms with Crippen LogP contribution in [0.3, 0.4) is 0 Å². The van der Waals surface area contributed by atoms with Gasteiger partial charge in [-0.2, -0.15) is 5.10 Å². The van der Waals surface area contributed by atoms with Crippen molar-refractivity contribution < 1.29 is 0 Å². The van der Waals surface area contributed by atoms with Crippen molar-refractivity contribution in [1.82, 2.24) is 9.78 Å². The molecule has 1 unspecified atom stereocenters. The highest BCUT2D eigenvalue weighted by Gasteiger charge is 2.05. The topological polar surface area (TPSA) is 41.9 Å². The molecular formula is C22H26N4S. The number of aryl methyl sites for hydroxylation is 1. The lowest BCUT2D eigenvalue weighted by Gasteiger charge is -2.12. The molecule has 140 valence electrons. The number of nitrogens with zero attached hydrogens (tertiary/aromatic N) is 2. The van der Waals surface area contributed by atoms with Crippen molar-refractivity contribution in [3.8, 4) is 0 Å². The molecule has 2 aromatic carbocycles. The van der Waals surface area contributed by atoms with Gasteiger partial charge in [0.15, 0.2) is 5.11 Å². The Morgan fingerprint density at radius 3 is 2.37 bits per heavy atom. The van der Waals surface area contributed by atoms with Crippen molar-refractivity contribution in [2.24, 2.45) is 0 Å². The number of thiocarbonyl (C=S) groups is 1. The second-order valence-corrected chi connectivity index (χ2v) is 7.33. The molecule has 3 aromatic rings. The quantitative estimate of drug-likeness (QED) is 0.551. The van der Waals surface area contributed by atoms with E-state index in [4.69, 9.17) is 12.2 Å². The first kappa shape index (κ1) is 19.1. The van der Waals surface area contributed by atoms with Gasteiger partial charge in [0.05, 0.1) is 18.4 Å². The summed E-state index contributed by atoms with van der Waals surface area (Å²) in [7, 11) is 0. The Morgan fingerprint density at radius 1 is 1.04 bits per heavy atom. The Labute approximate surface area is 166 Å². The fraction of sp³-hybridized carbons (Fsp3) is 0.273. The molecule has 0 bridgehead atoms. The zero-order valence-electron chi connectivity index (χ0n) is 16.1. The SMILES string of the molecule is CCC(C)c1ccc(NC(=S)Nc2cnn(Cc3ccc(C)cc3)c2)cc1. The number of aromatic nitrogens is 2. The van der Waals surface area contributed by atoms with Crippen molar-refractivity contribution in [3.05, 3.63) is 77.6 Å². The first-order valence-corrected chi connectivity index (χ1v) is 9.70. The van der Waals surface area contributed by atoms with E-state index in [-0.39, 0.29) is 0 Å². The van der Waals surface area contributed by atoms with Gasteiger partial charge in [-0.05, 0) is 54.7 Å². The van der Waals surface area contributed by atoms with Crippen LogP contribution in [0.4, 0.5) is 11.4 Å². The highest BCUT2D eigenvalue weighted by Crippen LogP contribution is 2.20. The monoisotopic (exact) mass is 378 g/mol. The average Bonchev–Trinajstić information content (AvgIpc) is 3.10. The third-order valence-corrected chi connectivity index (χ3v) is 4.91. The summed E-state index contributed by atoms with van der Waals surface area (Å²) in [6, 6.07) is 16.9. The lowest BCUT2D eigenvalue weighted by Crippen LogP contribution is -2.18. The van der Waals surface area contributed by atoms with E-state index in [9.17, 15) is 0 Å². The highest BCUT2D eigenvalue weighted by molar-refractivity contribution is 7.80. The molecule has 0 saturated heterocycles. The van der Waals surface area contributed by atoms with Crippen molar-refractivity contribution in [3.63, 3.8) is 0 Å². The molecule has 1 atom stereocenters. The van der Waals surface area contributed by atoms with Crippen LogP contribution in [0.1, 0.15) is 42.9 Å². The van der Waals surface area contributed by atoms with Gasteiger partial charge in [-0.15, -0.1) is 0 Å².